The fourth-order valence-corrected chi connectivity index (χ4v) is 2.16. The Morgan fingerprint density at radius 3 is 2.43 bits per heavy atom. The van der Waals surface area contributed by atoms with E-state index in [1.165, 1.54) is 11.9 Å². The van der Waals surface area contributed by atoms with Crippen LogP contribution in [0.25, 0.3) is 0 Å². The van der Waals surface area contributed by atoms with Crippen molar-refractivity contribution in [3.8, 4) is 0 Å². The molecular weight excluding hydrogens is 333 g/mol. The largest absolute Gasteiger partial charge is 0.431 e. The van der Waals surface area contributed by atoms with Crippen molar-refractivity contribution in [2.24, 2.45) is 0 Å². The lowest BCUT2D eigenvalue weighted by Gasteiger charge is -2.18. The van der Waals surface area contributed by atoms with Crippen molar-refractivity contribution in [2.45, 2.75) is 12.7 Å². The summed E-state index contributed by atoms with van der Waals surface area (Å²) in [4.78, 5) is 26.8. The van der Waals surface area contributed by atoms with Gasteiger partial charge in [0.15, 0.2) is 0 Å². The number of aromatic amines is 1. The van der Waals surface area contributed by atoms with Gasteiger partial charge in [0.2, 0.25) is 0 Å². The Bertz CT molecular complexity index is 787. The number of hydrogen-bond donors (Lipinski definition) is 1. The second-order valence-electron chi connectivity index (χ2n) is 4.87. The Hall–Kier alpha value is -2.28. The summed E-state index contributed by atoms with van der Waals surface area (Å²) in [5.41, 5.74) is -2.00. The second kappa shape index (κ2) is 6.45. The number of amides is 1. The molecule has 0 saturated heterocycles. The van der Waals surface area contributed by atoms with Gasteiger partial charge in [-0.15, -0.1) is 0 Å². The Morgan fingerprint density at radius 2 is 1.87 bits per heavy atom. The van der Waals surface area contributed by atoms with Crippen LogP contribution in [0.1, 0.15) is 21.6 Å². The van der Waals surface area contributed by atoms with E-state index in [4.69, 9.17) is 11.6 Å². The normalized spacial score (nSPS) is 11.3. The lowest BCUT2D eigenvalue weighted by atomic mass is 10.2. The van der Waals surface area contributed by atoms with E-state index >= 15 is 0 Å². The van der Waals surface area contributed by atoms with Crippen molar-refractivity contribution in [3.63, 3.8) is 0 Å². The summed E-state index contributed by atoms with van der Waals surface area (Å²) in [7, 11) is 1.43. The minimum atomic E-state index is -4.68. The number of aromatic nitrogens is 1. The minimum absolute atomic E-state index is 0.124. The van der Waals surface area contributed by atoms with Crippen LogP contribution in [-0.4, -0.2) is 22.8 Å². The molecule has 0 aliphatic carbocycles. The van der Waals surface area contributed by atoms with Crippen LogP contribution in [0.5, 0.6) is 0 Å². The lowest BCUT2D eigenvalue weighted by Crippen LogP contribution is -2.32. The molecule has 2 aromatic rings. The summed E-state index contributed by atoms with van der Waals surface area (Å²) in [5, 5.41) is 0.452. The van der Waals surface area contributed by atoms with E-state index in [2.05, 4.69) is 0 Å². The highest BCUT2D eigenvalue weighted by atomic mass is 35.5. The molecule has 2 rings (SSSR count). The SMILES string of the molecule is CN(Cc1ccccc1Cl)C(=O)c1ccc(C(F)(F)F)[nH]c1=O. The van der Waals surface area contributed by atoms with Crippen LogP contribution in [-0.2, 0) is 12.7 Å². The maximum Gasteiger partial charge on any atom is 0.431 e. The molecule has 0 bridgehead atoms. The molecule has 23 heavy (non-hydrogen) atoms. The first-order valence-corrected chi connectivity index (χ1v) is 6.87. The third-order valence-electron chi connectivity index (χ3n) is 3.16. The van der Waals surface area contributed by atoms with Crippen molar-refractivity contribution in [3.05, 3.63) is 68.6 Å². The predicted octanol–water partition coefficient (Wildman–Crippen LogP) is 3.32. The Morgan fingerprint density at radius 1 is 1.22 bits per heavy atom. The number of carbonyl (C=O) groups is 1. The quantitative estimate of drug-likeness (QED) is 0.928. The van der Waals surface area contributed by atoms with Gasteiger partial charge in [0, 0.05) is 18.6 Å². The lowest BCUT2D eigenvalue weighted by molar-refractivity contribution is -0.141. The molecule has 0 unspecified atom stereocenters. The van der Waals surface area contributed by atoms with E-state index in [1.807, 2.05) is 0 Å². The van der Waals surface area contributed by atoms with E-state index in [1.54, 1.807) is 29.2 Å². The first-order valence-electron chi connectivity index (χ1n) is 6.49. The smallest absolute Gasteiger partial charge is 0.337 e. The Kier molecular flexibility index (Phi) is 4.79. The van der Waals surface area contributed by atoms with E-state index in [0.29, 0.717) is 16.7 Å². The highest BCUT2D eigenvalue weighted by molar-refractivity contribution is 6.31. The van der Waals surface area contributed by atoms with Crippen LogP contribution in [0.2, 0.25) is 5.02 Å². The fraction of sp³-hybridized carbons (Fsp3) is 0.200. The third kappa shape index (κ3) is 3.92. The number of H-pyrrole nitrogens is 1. The van der Waals surface area contributed by atoms with Crippen molar-refractivity contribution in [1.29, 1.82) is 0 Å². The van der Waals surface area contributed by atoms with E-state index in [0.717, 1.165) is 6.07 Å². The predicted molar refractivity (Wildman–Crippen MR) is 79.3 cm³/mol. The van der Waals surface area contributed by atoms with Gasteiger partial charge in [0.1, 0.15) is 11.3 Å². The minimum Gasteiger partial charge on any atom is -0.337 e. The number of alkyl halides is 3. The standard InChI is InChI=1S/C15H12ClF3N2O2/c1-21(8-9-4-2-3-5-11(9)16)14(23)10-6-7-12(15(17,18)19)20-13(10)22/h2-7H,8H2,1H3,(H,20,22). The number of benzene rings is 1. The van der Waals surface area contributed by atoms with Crippen LogP contribution < -0.4 is 5.56 Å². The van der Waals surface area contributed by atoms with Gasteiger partial charge in [-0.1, -0.05) is 29.8 Å². The summed E-state index contributed by atoms with van der Waals surface area (Å²) in [6.45, 7) is 0.124. The van der Waals surface area contributed by atoms with Crippen LogP contribution >= 0.6 is 11.6 Å². The summed E-state index contributed by atoms with van der Waals surface area (Å²) in [5.74, 6) is -0.695. The molecule has 1 aromatic heterocycles. The molecule has 8 heteroatoms. The summed E-state index contributed by atoms with van der Waals surface area (Å²) < 4.78 is 37.5. The monoisotopic (exact) mass is 344 g/mol. The molecule has 4 nitrogen and oxygen atoms in total. The van der Waals surface area contributed by atoms with Crippen molar-refractivity contribution >= 4 is 17.5 Å². The van der Waals surface area contributed by atoms with Crippen LogP contribution in [0, 0.1) is 0 Å². The zero-order chi connectivity index (χ0) is 17.2. The molecule has 1 heterocycles. The number of hydrogen-bond acceptors (Lipinski definition) is 2. The molecular formula is C15H12ClF3N2O2. The van der Waals surface area contributed by atoms with Gasteiger partial charge >= 0.3 is 6.18 Å². The molecule has 0 aliphatic heterocycles. The fourth-order valence-electron chi connectivity index (χ4n) is 1.97. The zero-order valence-corrected chi connectivity index (χ0v) is 12.7. The molecule has 0 fully saturated rings. The molecule has 0 saturated carbocycles. The molecule has 0 aliphatic rings. The van der Waals surface area contributed by atoms with Gasteiger partial charge in [-0.2, -0.15) is 13.2 Å². The summed E-state index contributed by atoms with van der Waals surface area (Å²) >= 11 is 5.99. The number of nitrogens with one attached hydrogen (secondary N) is 1. The first-order chi connectivity index (χ1) is 10.7. The first kappa shape index (κ1) is 17.1. The number of pyridine rings is 1. The van der Waals surface area contributed by atoms with Gasteiger partial charge in [0.05, 0.1) is 0 Å². The van der Waals surface area contributed by atoms with Crippen molar-refractivity contribution in [2.75, 3.05) is 7.05 Å². The third-order valence-corrected chi connectivity index (χ3v) is 3.53. The second-order valence-corrected chi connectivity index (χ2v) is 5.27. The molecule has 122 valence electrons. The number of rotatable bonds is 3. The molecule has 0 radical (unpaired) electrons. The molecule has 0 atom stereocenters. The average molecular weight is 345 g/mol. The van der Waals surface area contributed by atoms with Gasteiger partial charge < -0.3 is 9.88 Å². The van der Waals surface area contributed by atoms with Gasteiger partial charge in [-0.3, -0.25) is 9.59 Å². The van der Waals surface area contributed by atoms with Gasteiger partial charge in [-0.25, -0.2) is 0 Å². The van der Waals surface area contributed by atoms with Crippen molar-refractivity contribution in [1.82, 2.24) is 9.88 Å². The highest BCUT2D eigenvalue weighted by Gasteiger charge is 2.32. The maximum atomic E-state index is 12.5. The molecule has 1 amide bonds. The molecule has 1 aromatic carbocycles. The highest BCUT2D eigenvalue weighted by Crippen LogP contribution is 2.26. The Labute approximate surface area is 134 Å². The zero-order valence-electron chi connectivity index (χ0n) is 11.9. The Balaban J connectivity index is 2.23. The average Bonchev–Trinajstić information content (AvgIpc) is 2.48. The topological polar surface area (TPSA) is 53.2 Å². The van der Waals surface area contributed by atoms with Crippen LogP contribution in [0.3, 0.4) is 0 Å². The van der Waals surface area contributed by atoms with E-state index in [9.17, 15) is 22.8 Å². The number of carbonyl (C=O) groups excluding carboxylic acids is 1. The molecule has 0 spiro atoms. The number of halogens is 4. The van der Waals surface area contributed by atoms with Gasteiger partial charge in [0.25, 0.3) is 11.5 Å². The van der Waals surface area contributed by atoms with Crippen LogP contribution in [0.4, 0.5) is 13.2 Å². The summed E-state index contributed by atoms with van der Waals surface area (Å²) in [6.07, 6.45) is -4.68. The van der Waals surface area contributed by atoms with Crippen LogP contribution in [0.15, 0.2) is 41.2 Å². The number of nitrogens with zero attached hydrogens (tertiary/aromatic N) is 1. The van der Waals surface area contributed by atoms with Crippen molar-refractivity contribution < 1.29 is 18.0 Å². The van der Waals surface area contributed by atoms with Gasteiger partial charge in [-0.05, 0) is 23.8 Å². The summed E-state index contributed by atoms with van der Waals surface area (Å²) in [6, 6.07) is 8.37. The van der Waals surface area contributed by atoms with E-state index in [-0.39, 0.29) is 12.1 Å². The maximum absolute atomic E-state index is 12.5. The molecule has 1 N–H and O–H groups in total. The van der Waals surface area contributed by atoms with E-state index < -0.39 is 23.3 Å².